The molecule has 1 amide bonds. The van der Waals surface area contributed by atoms with Crippen molar-refractivity contribution in [2.45, 2.75) is 6.92 Å². The zero-order valence-corrected chi connectivity index (χ0v) is 13.7. The lowest BCUT2D eigenvalue weighted by molar-refractivity contribution is 0.102. The molecule has 0 spiro atoms. The Morgan fingerprint density at radius 1 is 1.09 bits per heavy atom. The lowest BCUT2D eigenvalue weighted by atomic mass is 10.1. The summed E-state index contributed by atoms with van der Waals surface area (Å²) in [6.45, 7) is 1.69. The van der Waals surface area contributed by atoms with E-state index in [0.29, 0.717) is 27.7 Å². The summed E-state index contributed by atoms with van der Waals surface area (Å²) < 4.78 is 5.19. The Labute approximate surface area is 143 Å². The highest BCUT2D eigenvalue weighted by atomic mass is 35.5. The summed E-state index contributed by atoms with van der Waals surface area (Å²) in [5.74, 6) is 0.0753. The van der Waals surface area contributed by atoms with Crippen LogP contribution in [0.15, 0.2) is 53.1 Å². The van der Waals surface area contributed by atoms with Crippen LogP contribution in [0.4, 0.5) is 5.69 Å². The van der Waals surface area contributed by atoms with Gasteiger partial charge in [-0.05, 0) is 19.1 Å². The molecule has 116 valence electrons. The average molecular weight is 347 g/mol. The Balaban J connectivity index is 1.97. The van der Waals surface area contributed by atoms with Crippen molar-refractivity contribution in [1.82, 2.24) is 5.16 Å². The minimum Gasteiger partial charge on any atom is -0.360 e. The molecule has 3 aromatic rings. The maximum atomic E-state index is 12.6. The smallest absolute Gasteiger partial charge is 0.261 e. The minimum absolute atomic E-state index is 0.290. The van der Waals surface area contributed by atoms with Gasteiger partial charge in [-0.3, -0.25) is 4.79 Å². The molecule has 1 heterocycles. The highest BCUT2D eigenvalue weighted by Crippen LogP contribution is 2.31. The molecule has 0 saturated heterocycles. The van der Waals surface area contributed by atoms with Gasteiger partial charge in [0.25, 0.3) is 5.91 Å². The number of carbonyl (C=O) groups excluding carboxylic acids is 1. The zero-order valence-electron chi connectivity index (χ0n) is 12.1. The van der Waals surface area contributed by atoms with Crippen LogP contribution >= 0.6 is 23.2 Å². The predicted octanol–water partition coefficient (Wildman–Crippen LogP) is 5.21. The molecule has 1 aromatic heterocycles. The van der Waals surface area contributed by atoms with Crippen molar-refractivity contribution in [1.29, 1.82) is 0 Å². The predicted molar refractivity (Wildman–Crippen MR) is 91.1 cm³/mol. The second-order valence-corrected chi connectivity index (χ2v) is 5.67. The van der Waals surface area contributed by atoms with Gasteiger partial charge in [-0.2, -0.15) is 0 Å². The Morgan fingerprint density at radius 2 is 1.83 bits per heavy atom. The molecule has 0 aliphatic rings. The van der Waals surface area contributed by atoms with Crippen molar-refractivity contribution in [2.75, 3.05) is 5.32 Å². The molecule has 0 saturated carbocycles. The Hall–Kier alpha value is -2.30. The molecule has 3 rings (SSSR count). The van der Waals surface area contributed by atoms with E-state index in [2.05, 4.69) is 10.5 Å². The van der Waals surface area contributed by atoms with Gasteiger partial charge in [-0.15, -0.1) is 0 Å². The molecule has 0 bridgehead atoms. The number of halogens is 2. The third-order valence-corrected chi connectivity index (χ3v) is 4.16. The summed E-state index contributed by atoms with van der Waals surface area (Å²) in [5, 5.41) is 7.40. The van der Waals surface area contributed by atoms with Gasteiger partial charge >= 0.3 is 0 Å². The van der Waals surface area contributed by atoms with Crippen LogP contribution in [-0.2, 0) is 0 Å². The first-order chi connectivity index (χ1) is 11.1. The number of carbonyl (C=O) groups is 1. The van der Waals surface area contributed by atoms with E-state index in [0.717, 1.165) is 5.56 Å². The Morgan fingerprint density at radius 3 is 2.57 bits per heavy atom. The first-order valence-electron chi connectivity index (χ1n) is 6.85. The van der Waals surface area contributed by atoms with E-state index in [4.69, 9.17) is 27.7 Å². The van der Waals surface area contributed by atoms with Crippen molar-refractivity contribution in [3.8, 4) is 11.3 Å². The van der Waals surface area contributed by atoms with Gasteiger partial charge in [-0.1, -0.05) is 64.8 Å². The van der Waals surface area contributed by atoms with Gasteiger partial charge in [0.1, 0.15) is 17.0 Å². The second-order valence-electron chi connectivity index (χ2n) is 4.88. The van der Waals surface area contributed by atoms with E-state index in [1.165, 1.54) is 0 Å². The molecule has 4 nitrogen and oxygen atoms in total. The average Bonchev–Trinajstić information content (AvgIpc) is 2.94. The molecular weight excluding hydrogens is 335 g/mol. The summed E-state index contributed by atoms with van der Waals surface area (Å²) >= 11 is 12.1. The van der Waals surface area contributed by atoms with Crippen molar-refractivity contribution in [2.24, 2.45) is 0 Å². The first-order valence-corrected chi connectivity index (χ1v) is 7.60. The number of aryl methyl sites for hydroxylation is 1. The molecule has 1 N–H and O–H groups in total. The number of benzene rings is 2. The molecule has 23 heavy (non-hydrogen) atoms. The fourth-order valence-electron chi connectivity index (χ4n) is 2.22. The molecule has 0 aliphatic carbocycles. The standard InChI is InChI=1S/C17H12Cl2N2O2/c1-10-14(16(21-23-10)11-6-3-2-4-7-11)17(22)20-13-9-5-8-12(18)15(13)19/h2-9H,1H3,(H,20,22). The normalized spacial score (nSPS) is 10.6. The van der Waals surface area contributed by atoms with E-state index < -0.39 is 0 Å². The summed E-state index contributed by atoms with van der Waals surface area (Å²) in [5.41, 5.74) is 2.08. The van der Waals surface area contributed by atoms with E-state index in [9.17, 15) is 4.79 Å². The van der Waals surface area contributed by atoms with E-state index >= 15 is 0 Å². The molecule has 6 heteroatoms. The zero-order chi connectivity index (χ0) is 16.4. The topological polar surface area (TPSA) is 55.1 Å². The van der Waals surface area contributed by atoms with Crippen molar-refractivity contribution in [3.05, 3.63) is 69.9 Å². The van der Waals surface area contributed by atoms with Gasteiger partial charge in [0.15, 0.2) is 0 Å². The summed E-state index contributed by atoms with van der Waals surface area (Å²) in [6, 6.07) is 14.4. The van der Waals surface area contributed by atoms with E-state index in [1.54, 1.807) is 25.1 Å². The van der Waals surface area contributed by atoms with Crippen LogP contribution in [0, 0.1) is 6.92 Å². The minimum atomic E-state index is -0.355. The SMILES string of the molecule is Cc1onc(-c2ccccc2)c1C(=O)Nc1cccc(Cl)c1Cl. The number of nitrogens with zero attached hydrogens (tertiary/aromatic N) is 1. The summed E-state index contributed by atoms with van der Waals surface area (Å²) in [4.78, 5) is 12.6. The summed E-state index contributed by atoms with van der Waals surface area (Å²) in [7, 11) is 0. The van der Waals surface area contributed by atoms with Gasteiger partial charge < -0.3 is 9.84 Å². The van der Waals surface area contributed by atoms with Gasteiger partial charge in [0, 0.05) is 5.56 Å². The maximum absolute atomic E-state index is 12.6. The monoisotopic (exact) mass is 346 g/mol. The van der Waals surface area contributed by atoms with Crippen molar-refractivity contribution < 1.29 is 9.32 Å². The quantitative estimate of drug-likeness (QED) is 0.708. The lowest BCUT2D eigenvalue weighted by Gasteiger charge is -2.08. The van der Waals surface area contributed by atoms with Crippen LogP contribution in [0.3, 0.4) is 0 Å². The number of rotatable bonds is 3. The third kappa shape index (κ3) is 3.09. The maximum Gasteiger partial charge on any atom is 0.261 e. The number of hydrogen-bond acceptors (Lipinski definition) is 3. The molecule has 0 radical (unpaired) electrons. The van der Waals surface area contributed by atoms with Crippen LogP contribution in [0.25, 0.3) is 11.3 Å². The second kappa shape index (κ2) is 6.44. The van der Waals surface area contributed by atoms with Crippen LogP contribution in [-0.4, -0.2) is 11.1 Å². The number of amides is 1. The number of hydrogen-bond donors (Lipinski definition) is 1. The van der Waals surface area contributed by atoms with Crippen LogP contribution in [0.5, 0.6) is 0 Å². The molecule has 0 fully saturated rings. The Bertz CT molecular complexity index is 860. The molecule has 0 atom stereocenters. The van der Waals surface area contributed by atoms with Gasteiger partial charge in [0.05, 0.1) is 15.7 Å². The third-order valence-electron chi connectivity index (χ3n) is 3.34. The van der Waals surface area contributed by atoms with Crippen LogP contribution in [0.2, 0.25) is 10.0 Å². The van der Waals surface area contributed by atoms with Crippen molar-refractivity contribution in [3.63, 3.8) is 0 Å². The fourth-order valence-corrected chi connectivity index (χ4v) is 2.57. The molecule has 0 unspecified atom stereocenters. The highest BCUT2D eigenvalue weighted by Gasteiger charge is 2.22. The molecular formula is C17H12Cl2N2O2. The number of anilines is 1. The molecule has 2 aromatic carbocycles. The van der Waals surface area contributed by atoms with Crippen LogP contribution < -0.4 is 5.32 Å². The number of nitrogens with one attached hydrogen (secondary N) is 1. The lowest BCUT2D eigenvalue weighted by Crippen LogP contribution is -2.13. The van der Waals surface area contributed by atoms with E-state index in [1.807, 2.05) is 30.3 Å². The largest absolute Gasteiger partial charge is 0.360 e. The molecule has 0 aliphatic heterocycles. The van der Waals surface area contributed by atoms with Crippen LogP contribution in [0.1, 0.15) is 16.1 Å². The van der Waals surface area contributed by atoms with E-state index in [-0.39, 0.29) is 10.9 Å². The highest BCUT2D eigenvalue weighted by molar-refractivity contribution is 6.44. The summed E-state index contributed by atoms with van der Waals surface area (Å²) in [6.07, 6.45) is 0. The fraction of sp³-hybridized carbons (Fsp3) is 0.0588. The van der Waals surface area contributed by atoms with Gasteiger partial charge in [0.2, 0.25) is 0 Å². The van der Waals surface area contributed by atoms with Gasteiger partial charge in [-0.25, -0.2) is 0 Å². The van der Waals surface area contributed by atoms with Crippen molar-refractivity contribution >= 4 is 34.8 Å². The Kier molecular flexibility index (Phi) is 4.37. The first kappa shape index (κ1) is 15.6. The number of aromatic nitrogens is 1.